The van der Waals surface area contributed by atoms with Gasteiger partial charge in [-0.15, -0.1) is 0 Å². The van der Waals surface area contributed by atoms with Crippen molar-refractivity contribution in [1.82, 2.24) is 10.2 Å². The molecule has 1 N–H and O–H groups in total. The number of hydrogen-bond acceptors (Lipinski definition) is 3. The first-order valence-electron chi connectivity index (χ1n) is 11.7. The van der Waals surface area contributed by atoms with E-state index in [0.717, 1.165) is 50.8 Å². The summed E-state index contributed by atoms with van der Waals surface area (Å²) in [6, 6.07) is 9.05. The molecular formula is C25H35N3O2. The summed E-state index contributed by atoms with van der Waals surface area (Å²) in [6.45, 7) is 6.85. The van der Waals surface area contributed by atoms with E-state index in [1.54, 1.807) is 0 Å². The summed E-state index contributed by atoms with van der Waals surface area (Å²) in [5.74, 6) is 0.0757. The van der Waals surface area contributed by atoms with Gasteiger partial charge in [-0.05, 0) is 69.6 Å². The topological polar surface area (TPSA) is 52.7 Å². The number of para-hydroxylation sites is 1. The number of carbonyl (C=O) groups is 2. The number of fused-ring (bicyclic) bond motifs is 2. The standard InChI is InChI=1S/C25H35N3O2/c1-18(2)28-23-13-6-4-11-20(23)21(25(28)30)17-24(29)26-14-8-16-27-15-7-10-19-9-3-5-12-22(19)27/h3,5,9,12,18,23H,4,6-8,10-11,13-17H2,1-2H3,(H,26,29). The first kappa shape index (κ1) is 21.0. The molecule has 0 bridgehead atoms. The van der Waals surface area contributed by atoms with Crippen molar-refractivity contribution in [2.75, 3.05) is 24.5 Å². The number of hydrogen-bond donors (Lipinski definition) is 1. The molecule has 2 aliphatic heterocycles. The molecule has 30 heavy (non-hydrogen) atoms. The van der Waals surface area contributed by atoms with Crippen molar-refractivity contribution >= 4 is 17.5 Å². The van der Waals surface area contributed by atoms with Crippen LogP contribution in [0.2, 0.25) is 0 Å². The van der Waals surface area contributed by atoms with Gasteiger partial charge in [0.1, 0.15) is 0 Å². The van der Waals surface area contributed by atoms with Crippen LogP contribution in [0.5, 0.6) is 0 Å². The molecule has 0 radical (unpaired) electrons. The second kappa shape index (κ2) is 9.23. The summed E-state index contributed by atoms with van der Waals surface area (Å²) in [5, 5.41) is 3.06. The minimum absolute atomic E-state index is 0.0141. The van der Waals surface area contributed by atoms with Crippen molar-refractivity contribution in [1.29, 1.82) is 0 Å². The van der Waals surface area contributed by atoms with E-state index in [-0.39, 0.29) is 30.3 Å². The van der Waals surface area contributed by atoms with E-state index in [0.29, 0.717) is 6.54 Å². The van der Waals surface area contributed by atoms with E-state index >= 15 is 0 Å². The molecule has 0 saturated heterocycles. The predicted octanol–water partition coefficient (Wildman–Crippen LogP) is 3.83. The van der Waals surface area contributed by atoms with Gasteiger partial charge in [0.2, 0.25) is 5.91 Å². The number of rotatable bonds is 7. The lowest BCUT2D eigenvalue weighted by Crippen LogP contribution is -2.41. The van der Waals surface area contributed by atoms with Crippen LogP contribution in [0.4, 0.5) is 5.69 Å². The molecule has 1 aliphatic carbocycles. The molecule has 5 nitrogen and oxygen atoms in total. The van der Waals surface area contributed by atoms with Crippen LogP contribution in [0, 0.1) is 0 Å². The molecular weight excluding hydrogens is 374 g/mol. The van der Waals surface area contributed by atoms with Crippen LogP contribution in [0.25, 0.3) is 0 Å². The van der Waals surface area contributed by atoms with Gasteiger partial charge in [0.05, 0.1) is 12.5 Å². The average Bonchev–Trinajstić information content (AvgIpc) is 3.03. The monoisotopic (exact) mass is 409 g/mol. The fraction of sp³-hybridized carbons (Fsp3) is 0.600. The summed E-state index contributed by atoms with van der Waals surface area (Å²) >= 11 is 0. The normalized spacial score (nSPS) is 21.2. The van der Waals surface area contributed by atoms with Crippen LogP contribution in [0.15, 0.2) is 35.4 Å². The van der Waals surface area contributed by atoms with Crippen LogP contribution >= 0.6 is 0 Å². The van der Waals surface area contributed by atoms with Gasteiger partial charge in [-0.1, -0.05) is 24.6 Å². The molecule has 2 amide bonds. The molecule has 0 spiro atoms. The van der Waals surface area contributed by atoms with E-state index in [2.05, 4.69) is 48.3 Å². The van der Waals surface area contributed by atoms with Gasteiger partial charge in [-0.3, -0.25) is 9.59 Å². The number of carbonyl (C=O) groups excluding carboxylic acids is 2. The van der Waals surface area contributed by atoms with E-state index in [4.69, 9.17) is 0 Å². The maximum absolute atomic E-state index is 13.0. The Morgan fingerprint density at radius 3 is 2.83 bits per heavy atom. The molecule has 1 aromatic rings. The van der Waals surface area contributed by atoms with Crippen LogP contribution in [0.3, 0.4) is 0 Å². The van der Waals surface area contributed by atoms with Gasteiger partial charge in [0, 0.05) is 36.9 Å². The minimum atomic E-state index is -0.0141. The Morgan fingerprint density at radius 2 is 2.00 bits per heavy atom. The zero-order chi connectivity index (χ0) is 21.1. The summed E-state index contributed by atoms with van der Waals surface area (Å²) in [5.41, 5.74) is 4.78. The Kier molecular flexibility index (Phi) is 6.45. The molecule has 2 heterocycles. The number of aryl methyl sites for hydroxylation is 1. The lowest BCUT2D eigenvalue weighted by atomic mass is 9.88. The molecule has 3 aliphatic rings. The number of amides is 2. The Balaban J connectivity index is 1.29. The highest BCUT2D eigenvalue weighted by Gasteiger charge is 2.41. The molecule has 1 aromatic carbocycles. The summed E-state index contributed by atoms with van der Waals surface area (Å²) in [7, 11) is 0. The predicted molar refractivity (Wildman–Crippen MR) is 120 cm³/mol. The Morgan fingerprint density at radius 1 is 1.17 bits per heavy atom. The third-order valence-corrected chi connectivity index (χ3v) is 6.82. The quantitative estimate of drug-likeness (QED) is 0.697. The second-order valence-corrected chi connectivity index (χ2v) is 9.17. The van der Waals surface area contributed by atoms with E-state index < -0.39 is 0 Å². The maximum atomic E-state index is 13.0. The Bertz CT molecular complexity index is 829. The Labute approximate surface area is 180 Å². The zero-order valence-corrected chi connectivity index (χ0v) is 18.5. The first-order chi connectivity index (χ1) is 14.6. The minimum Gasteiger partial charge on any atom is -0.371 e. The Hall–Kier alpha value is -2.30. The molecule has 1 saturated carbocycles. The SMILES string of the molecule is CC(C)N1C(=O)C(CC(=O)NCCCN2CCCc3ccccc32)=C2CCCCC21. The largest absolute Gasteiger partial charge is 0.371 e. The zero-order valence-electron chi connectivity index (χ0n) is 18.5. The highest BCUT2D eigenvalue weighted by atomic mass is 16.2. The average molecular weight is 410 g/mol. The molecule has 1 atom stereocenters. The lowest BCUT2D eigenvalue weighted by molar-refractivity contribution is -0.130. The molecule has 0 aromatic heterocycles. The van der Waals surface area contributed by atoms with E-state index in [1.165, 1.54) is 29.7 Å². The molecule has 1 unspecified atom stereocenters. The number of anilines is 1. The number of benzene rings is 1. The van der Waals surface area contributed by atoms with Crippen molar-refractivity contribution in [3.8, 4) is 0 Å². The van der Waals surface area contributed by atoms with Gasteiger partial charge in [0.25, 0.3) is 5.91 Å². The lowest BCUT2D eigenvalue weighted by Gasteiger charge is -2.33. The fourth-order valence-corrected chi connectivity index (χ4v) is 5.44. The van der Waals surface area contributed by atoms with Crippen LogP contribution < -0.4 is 10.2 Å². The van der Waals surface area contributed by atoms with Crippen molar-refractivity contribution in [3.63, 3.8) is 0 Å². The van der Waals surface area contributed by atoms with Crippen molar-refractivity contribution < 1.29 is 9.59 Å². The van der Waals surface area contributed by atoms with Gasteiger partial charge >= 0.3 is 0 Å². The molecule has 162 valence electrons. The van der Waals surface area contributed by atoms with Crippen LogP contribution in [-0.4, -0.2) is 48.4 Å². The first-order valence-corrected chi connectivity index (χ1v) is 11.7. The van der Waals surface area contributed by atoms with Crippen LogP contribution in [-0.2, 0) is 16.0 Å². The van der Waals surface area contributed by atoms with Gasteiger partial charge in [0.15, 0.2) is 0 Å². The highest BCUT2D eigenvalue weighted by Crippen LogP contribution is 2.38. The van der Waals surface area contributed by atoms with Gasteiger partial charge < -0.3 is 15.1 Å². The third kappa shape index (κ3) is 4.26. The van der Waals surface area contributed by atoms with Crippen LogP contribution in [0.1, 0.15) is 64.4 Å². The molecule has 5 heteroatoms. The van der Waals surface area contributed by atoms with Gasteiger partial charge in [-0.25, -0.2) is 0 Å². The number of nitrogens with one attached hydrogen (secondary N) is 1. The van der Waals surface area contributed by atoms with Gasteiger partial charge in [-0.2, -0.15) is 0 Å². The molecule has 1 fully saturated rings. The summed E-state index contributed by atoms with van der Waals surface area (Å²) < 4.78 is 0. The van der Waals surface area contributed by atoms with Crippen molar-refractivity contribution in [2.45, 2.75) is 77.3 Å². The fourth-order valence-electron chi connectivity index (χ4n) is 5.44. The third-order valence-electron chi connectivity index (χ3n) is 6.82. The maximum Gasteiger partial charge on any atom is 0.251 e. The van der Waals surface area contributed by atoms with E-state index in [1.807, 2.05) is 4.90 Å². The second-order valence-electron chi connectivity index (χ2n) is 9.17. The summed E-state index contributed by atoms with van der Waals surface area (Å²) in [4.78, 5) is 30.0. The van der Waals surface area contributed by atoms with Crippen molar-refractivity contribution in [2.24, 2.45) is 0 Å². The number of nitrogens with zero attached hydrogens (tertiary/aromatic N) is 2. The smallest absolute Gasteiger partial charge is 0.251 e. The highest BCUT2D eigenvalue weighted by molar-refractivity contribution is 6.02. The molecule has 4 rings (SSSR count). The summed E-state index contributed by atoms with van der Waals surface area (Å²) in [6.07, 6.45) is 7.82. The van der Waals surface area contributed by atoms with Crippen molar-refractivity contribution in [3.05, 3.63) is 41.0 Å². The van der Waals surface area contributed by atoms with E-state index in [9.17, 15) is 9.59 Å².